The van der Waals surface area contributed by atoms with Gasteiger partial charge in [-0.05, 0) is 60.9 Å². The summed E-state index contributed by atoms with van der Waals surface area (Å²) >= 11 is 0. The van der Waals surface area contributed by atoms with Crippen LogP contribution >= 0.6 is 0 Å². The monoisotopic (exact) mass is 496 g/mol. The largest absolute Gasteiger partial charge is 0.494 e. The summed E-state index contributed by atoms with van der Waals surface area (Å²) in [5, 5.41) is 8.82. The van der Waals surface area contributed by atoms with E-state index in [9.17, 15) is 4.79 Å². The molecule has 3 aromatic rings. The fourth-order valence-corrected chi connectivity index (χ4v) is 4.65. The maximum absolute atomic E-state index is 13.3. The number of Topliss-reactive ketones (excluding diaryl/α,β-unsaturated/α-hetero) is 1. The van der Waals surface area contributed by atoms with Crippen LogP contribution in [0.4, 0.5) is 5.95 Å². The number of anilines is 1. The number of ketones is 1. The predicted octanol–water partition coefficient (Wildman–Crippen LogP) is 4.41. The van der Waals surface area contributed by atoms with Crippen LogP contribution in [-0.4, -0.2) is 39.8 Å². The molecule has 4 rings (SSSR count). The number of nitrogen functional groups attached to an aromatic ring is 1. The molecule has 1 fully saturated rings. The number of carbonyl (C=O) groups excluding carboxylic acids is 1. The van der Waals surface area contributed by atoms with Gasteiger partial charge in [0.25, 0.3) is 5.88 Å². The van der Waals surface area contributed by atoms with Gasteiger partial charge in [0, 0.05) is 23.8 Å². The molecule has 2 heterocycles. The number of fused-ring (bicyclic) bond motifs is 1. The SMILES string of the molecule is CCOc1cc(OCC2CCCCC2)cc(C(=O)C[n+]2nc(N)n3nc(OC(CC)CC)ccc32)c1. The Balaban J connectivity index is 1.52. The lowest BCUT2D eigenvalue weighted by Crippen LogP contribution is -2.40. The van der Waals surface area contributed by atoms with Gasteiger partial charge in [-0.15, -0.1) is 4.68 Å². The Morgan fingerprint density at radius 2 is 1.81 bits per heavy atom. The molecule has 0 spiro atoms. The normalized spacial score (nSPS) is 14.3. The quantitative estimate of drug-likeness (QED) is 0.293. The highest BCUT2D eigenvalue weighted by molar-refractivity contribution is 5.96. The second-order valence-corrected chi connectivity index (χ2v) is 9.38. The Kier molecular flexibility index (Phi) is 8.61. The van der Waals surface area contributed by atoms with Gasteiger partial charge in [-0.25, -0.2) is 0 Å². The van der Waals surface area contributed by atoms with Crippen molar-refractivity contribution in [2.45, 2.75) is 78.4 Å². The number of hydrogen-bond acceptors (Lipinski definition) is 7. The number of ether oxygens (including phenoxy) is 3. The van der Waals surface area contributed by atoms with E-state index in [2.05, 4.69) is 24.0 Å². The van der Waals surface area contributed by atoms with Crippen molar-refractivity contribution in [3.8, 4) is 17.4 Å². The number of benzene rings is 1. The number of aromatic nitrogens is 4. The highest BCUT2D eigenvalue weighted by Crippen LogP contribution is 2.27. The van der Waals surface area contributed by atoms with Crippen LogP contribution in [0.3, 0.4) is 0 Å². The molecule has 0 atom stereocenters. The molecule has 9 heteroatoms. The maximum Gasteiger partial charge on any atom is 0.355 e. The third-order valence-corrected chi connectivity index (χ3v) is 6.71. The molecule has 1 saturated carbocycles. The van der Waals surface area contributed by atoms with Crippen LogP contribution in [0.2, 0.25) is 0 Å². The zero-order chi connectivity index (χ0) is 25.5. The first-order valence-electron chi connectivity index (χ1n) is 13.2. The lowest BCUT2D eigenvalue weighted by atomic mass is 9.90. The van der Waals surface area contributed by atoms with E-state index in [0.717, 1.165) is 12.8 Å². The number of carbonyl (C=O) groups is 1. The lowest BCUT2D eigenvalue weighted by Gasteiger charge is -2.22. The van der Waals surface area contributed by atoms with Crippen LogP contribution in [0.5, 0.6) is 17.4 Å². The molecule has 1 aromatic carbocycles. The zero-order valence-corrected chi connectivity index (χ0v) is 21.6. The molecule has 2 N–H and O–H groups in total. The van der Waals surface area contributed by atoms with Gasteiger partial charge in [-0.1, -0.05) is 37.6 Å². The summed E-state index contributed by atoms with van der Waals surface area (Å²) in [5.41, 5.74) is 7.23. The Bertz CT molecular complexity index is 1170. The molecule has 9 nitrogen and oxygen atoms in total. The average Bonchev–Trinajstić information content (AvgIpc) is 3.20. The predicted molar refractivity (Wildman–Crippen MR) is 137 cm³/mol. The average molecular weight is 497 g/mol. The molecule has 0 aliphatic heterocycles. The van der Waals surface area contributed by atoms with Crippen LogP contribution in [0.25, 0.3) is 5.65 Å². The molecule has 0 amide bonds. The van der Waals surface area contributed by atoms with E-state index in [4.69, 9.17) is 19.9 Å². The fourth-order valence-electron chi connectivity index (χ4n) is 4.65. The first-order valence-corrected chi connectivity index (χ1v) is 13.2. The molecule has 2 aromatic heterocycles. The van der Waals surface area contributed by atoms with Crippen LogP contribution in [0.1, 0.15) is 76.1 Å². The first-order chi connectivity index (χ1) is 17.5. The standard InChI is InChI=1S/C27H38N5O4/c1-4-21(5-2)36-25-12-13-26-31(30-27(28)32(26)29-25)17-24(33)20-14-22(34-6-3)16-23(15-20)35-18-19-10-8-7-9-11-19/h12-16,19,21H,4-11,17-18H2,1-3H3,(H2,28,30)/q+1. The number of hydrogen-bond donors (Lipinski definition) is 1. The van der Waals surface area contributed by atoms with E-state index in [1.165, 1.54) is 36.6 Å². The Morgan fingerprint density at radius 3 is 2.50 bits per heavy atom. The van der Waals surface area contributed by atoms with Crippen LogP contribution in [0.15, 0.2) is 30.3 Å². The number of rotatable bonds is 12. The van der Waals surface area contributed by atoms with Crippen molar-refractivity contribution in [3.63, 3.8) is 0 Å². The maximum atomic E-state index is 13.3. The Morgan fingerprint density at radius 1 is 1.08 bits per heavy atom. The molecular formula is C27H38N5O4+. The summed E-state index contributed by atoms with van der Waals surface area (Å²) < 4.78 is 20.8. The second-order valence-electron chi connectivity index (χ2n) is 9.38. The highest BCUT2D eigenvalue weighted by Gasteiger charge is 2.24. The van der Waals surface area contributed by atoms with E-state index in [-0.39, 0.29) is 24.4 Å². The summed E-state index contributed by atoms with van der Waals surface area (Å²) in [4.78, 5) is 13.3. The van der Waals surface area contributed by atoms with Gasteiger partial charge >= 0.3 is 11.6 Å². The van der Waals surface area contributed by atoms with Crippen molar-refractivity contribution in [1.82, 2.24) is 14.7 Å². The smallest absolute Gasteiger partial charge is 0.355 e. The van der Waals surface area contributed by atoms with E-state index in [0.29, 0.717) is 47.7 Å². The van der Waals surface area contributed by atoms with Crippen molar-refractivity contribution < 1.29 is 23.7 Å². The third-order valence-electron chi connectivity index (χ3n) is 6.71. The number of nitrogens with zero attached hydrogens (tertiary/aromatic N) is 4. The van der Waals surface area contributed by atoms with E-state index < -0.39 is 0 Å². The molecule has 0 bridgehead atoms. The fraction of sp³-hybridized carbons (Fsp3) is 0.556. The summed E-state index contributed by atoms with van der Waals surface area (Å²) in [6, 6.07) is 8.99. The minimum absolute atomic E-state index is 0.00672. The minimum Gasteiger partial charge on any atom is -0.494 e. The first kappa shape index (κ1) is 25.7. The molecule has 194 valence electrons. The third kappa shape index (κ3) is 6.25. The molecular weight excluding hydrogens is 458 g/mol. The van der Waals surface area contributed by atoms with Gasteiger partial charge in [0.15, 0.2) is 6.54 Å². The van der Waals surface area contributed by atoms with Crippen molar-refractivity contribution in [3.05, 3.63) is 35.9 Å². The molecule has 0 unspecified atom stereocenters. The van der Waals surface area contributed by atoms with Crippen LogP contribution in [-0.2, 0) is 6.54 Å². The van der Waals surface area contributed by atoms with E-state index in [1.54, 1.807) is 22.9 Å². The van der Waals surface area contributed by atoms with Gasteiger partial charge < -0.3 is 19.9 Å². The Labute approximate surface area is 212 Å². The summed E-state index contributed by atoms with van der Waals surface area (Å²) in [5.74, 6) is 2.37. The van der Waals surface area contributed by atoms with Crippen molar-refractivity contribution in [1.29, 1.82) is 0 Å². The molecule has 0 radical (unpaired) electrons. The molecule has 1 aliphatic rings. The van der Waals surface area contributed by atoms with Gasteiger partial charge in [0.1, 0.15) is 17.6 Å². The molecule has 0 saturated heterocycles. The van der Waals surface area contributed by atoms with Crippen molar-refractivity contribution in [2.75, 3.05) is 18.9 Å². The summed E-state index contributed by atoms with van der Waals surface area (Å²) in [6.07, 6.45) is 8.07. The second kappa shape index (κ2) is 12.1. The van der Waals surface area contributed by atoms with Gasteiger partial charge in [0.2, 0.25) is 5.78 Å². The van der Waals surface area contributed by atoms with Crippen LogP contribution < -0.4 is 24.6 Å². The summed E-state index contributed by atoms with van der Waals surface area (Å²) in [6.45, 7) is 7.24. The minimum atomic E-state index is -0.124. The molecule has 36 heavy (non-hydrogen) atoms. The van der Waals surface area contributed by atoms with Gasteiger partial charge in [-0.3, -0.25) is 4.79 Å². The molecule has 1 aliphatic carbocycles. The zero-order valence-electron chi connectivity index (χ0n) is 21.6. The Hall–Kier alpha value is -3.36. The highest BCUT2D eigenvalue weighted by atomic mass is 16.5. The van der Waals surface area contributed by atoms with E-state index in [1.807, 2.05) is 19.1 Å². The number of nitrogens with two attached hydrogens (primary N) is 1. The lowest BCUT2D eigenvalue weighted by molar-refractivity contribution is -0.714. The van der Waals surface area contributed by atoms with Gasteiger partial charge in [0.05, 0.1) is 13.2 Å². The van der Waals surface area contributed by atoms with Crippen LogP contribution in [0, 0.1) is 5.92 Å². The topological polar surface area (TPSA) is 105 Å². The van der Waals surface area contributed by atoms with Crippen molar-refractivity contribution in [2.24, 2.45) is 5.92 Å². The van der Waals surface area contributed by atoms with Gasteiger partial charge in [-0.2, -0.15) is 0 Å². The van der Waals surface area contributed by atoms with Crippen molar-refractivity contribution >= 4 is 17.4 Å². The summed E-state index contributed by atoms with van der Waals surface area (Å²) in [7, 11) is 0. The van der Waals surface area contributed by atoms with E-state index >= 15 is 0 Å².